The lowest BCUT2D eigenvalue weighted by Gasteiger charge is -2.17. The number of amides is 1. The van der Waals surface area contributed by atoms with E-state index in [1.54, 1.807) is 32.1 Å². The first-order chi connectivity index (χ1) is 9.31. The van der Waals surface area contributed by atoms with Gasteiger partial charge in [0.2, 0.25) is 10.0 Å². The Morgan fingerprint density at radius 1 is 1.15 bits per heavy atom. The zero-order chi connectivity index (χ0) is 14.9. The van der Waals surface area contributed by atoms with E-state index in [4.69, 9.17) is 0 Å². The molecule has 0 saturated carbocycles. The van der Waals surface area contributed by atoms with Gasteiger partial charge < -0.3 is 0 Å². The first kappa shape index (κ1) is 14.5. The van der Waals surface area contributed by atoms with Crippen molar-refractivity contribution in [2.45, 2.75) is 24.8 Å². The van der Waals surface area contributed by atoms with Crippen molar-refractivity contribution in [3.05, 3.63) is 48.7 Å². The second-order valence-corrected chi connectivity index (χ2v) is 6.48. The minimum Gasteiger partial charge on any atom is -0.278 e. The average molecular weight is 292 g/mol. The molecule has 0 bridgehead atoms. The molecular formula is C14H16N2O3S. The number of benzene rings is 1. The van der Waals surface area contributed by atoms with Crippen LogP contribution in [-0.4, -0.2) is 20.4 Å². The van der Waals surface area contributed by atoms with Crippen molar-refractivity contribution in [3.63, 3.8) is 0 Å². The molecule has 1 aliphatic rings. The van der Waals surface area contributed by atoms with E-state index in [-0.39, 0.29) is 16.8 Å². The van der Waals surface area contributed by atoms with Crippen molar-refractivity contribution in [2.75, 3.05) is 4.90 Å². The summed E-state index contributed by atoms with van der Waals surface area (Å²) in [7, 11) is -3.52. The Bertz CT molecular complexity index is 655. The molecule has 0 aliphatic carbocycles. The van der Waals surface area contributed by atoms with E-state index in [2.05, 4.69) is 11.3 Å². The molecule has 0 unspecified atom stereocenters. The quantitative estimate of drug-likeness (QED) is 0.920. The van der Waals surface area contributed by atoms with Gasteiger partial charge >= 0.3 is 0 Å². The molecule has 1 amide bonds. The maximum Gasteiger partial charge on any atom is 0.255 e. The van der Waals surface area contributed by atoms with Crippen molar-refractivity contribution < 1.29 is 13.2 Å². The van der Waals surface area contributed by atoms with E-state index in [0.29, 0.717) is 11.4 Å². The van der Waals surface area contributed by atoms with E-state index in [1.165, 1.54) is 23.1 Å². The Balaban J connectivity index is 2.27. The Morgan fingerprint density at radius 2 is 1.75 bits per heavy atom. The summed E-state index contributed by atoms with van der Waals surface area (Å²) >= 11 is 0. The third kappa shape index (κ3) is 2.81. The highest BCUT2D eigenvalue weighted by molar-refractivity contribution is 7.89. The molecule has 0 radical (unpaired) electrons. The van der Waals surface area contributed by atoms with Gasteiger partial charge in [0.15, 0.2) is 0 Å². The van der Waals surface area contributed by atoms with E-state index < -0.39 is 10.0 Å². The normalized spacial score (nSPS) is 15.4. The topological polar surface area (TPSA) is 66.5 Å². The van der Waals surface area contributed by atoms with Crippen LogP contribution >= 0.6 is 0 Å². The summed E-state index contributed by atoms with van der Waals surface area (Å²) in [5.41, 5.74) is 1.15. The number of nitrogens with zero attached hydrogens (tertiary/aromatic N) is 1. The highest BCUT2D eigenvalue weighted by atomic mass is 32.2. The van der Waals surface area contributed by atoms with Crippen molar-refractivity contribution in [1.29, 1.82) is 0 Å². The number of nitrogens with one attached hydrogen (secondary N) is 1. The summed E-state index contributed by atoms with van der Waals surface area (Å²) in [6.07, 6.45) is 3.04. The van der Waals surface area contributed by atoms with Gasteiger partial charge in [0.25, 0.3) is 5.91 Å². The number of rotatable bonds is 4. The minimum absolute atomic E-state index is 0.167. The first-order valence-corrected chi connectivity index (χ1v) is 7.63. The summed E-state index contributed by atoms with van der Waals surface area (Å²) in [6.45, 7) is 7.27. The summed E-state index contributed by atoms with van der Waals surface area (Å²) in [6, 6.07) is 5.94. The lowest BCUT2D eigenvalue weighted by molar-refractivity contribution is -0.113. The molecule has 1 aromatic carbocycles. The third-order valence-corrected chi connectivity index (χ3v) is 4.40. The van der Waals surface area contributed by atoms with E-state index in [9.17, 15) is 13.2 Å². The van der Waals surface area contributed by atoms with E-state index >= 15 is 0 Å². The number of sulfonamides is 1. The van der Waals surface area contributed by atoms with Crippen LogP contribution in [0.15, 0.2) is 53.6 Å². The largest absolute Gasteiger partial charge is 0.278 e. The molecule has 5 nitrogen and oxygen atoms in total. The van der Waals surface area contributed by atoms with Gasteiger partial charge in [-0.1, -0.05) is 6.58 Å². The molecule has 1 N–H and O–H groups in total. The molecule has 1 heterocycles. The molecule has 0 spiro atoms. The van der Waals surface area contributed by atoms with Crippen LogP contribution < -0.4 is 9.62 Å². The number of carbonyl (C=O) groups excluding carboxylic acids is 1. The van der Waals surface area contributed by atoms with Crippen LogP contribution in [0.25, 0.3) is 0 Å². The summed E-state index contributed by atoms with van der Waals surface area (Å²) in [4.78, 5) is 13.2. The van der Waals surface area contributed by atoms with Crippen LogP contribution in [0, 0.1) is 0 Å². The SMILES string of the molecule is C=C1C=CC(=O)N1c1ccc(S(=O)(=O)NC(C)C)cc1. The van der Waals surface area contributed by atoms with Crippen LogP contribution in [0.2, 0.25) is 0 Å². The van der Waals surface area contributed by atoms with Crippen molar-refractivity contribution >= 4 is 21.6 Å². The van der Waals surface area contributed by atoms with Crippen molar-refractivity contribution in [3.8, 4) is 0 Å². The van der Waals surface area contributed by atoms with Gasteiger partial charge in [-0.05, 0) is 44.2 Å². The molecule has 1 aliphatic heterocycles. The fraction of sp³-hybridized carbons (Fsp3) is 0.214. The maximum atomic E-state index is 12.0. The fourth-order valence-corrected chi connectivity index (χ4v) is 3.15. The van der Waals surface area contributed by atoms with Gasteiger partial charge in [-0.15, -0.1) is 0 Å². The molecule has 0 aromatic heterocycles. The van der Waals surface area contributed by atoms with Gasteiger partial charge in [-0.2, -0.15) is 0 Å². The van der Waals surface area contributed by atoms with Gasteiger partial charge in [-0.3, -0.25) is 9.69 Å². The predicted octanol–water partition coefficient (Wildman–Crippen LogP) is 1.79. The molecule has 20 heavy (non-hydrogen) atoms. The van der Waals surface area contributed by atoms with Gasteiger partial charge in [0, 0.05) is 23.5 Å². The zero-order valence-corrected chi connectivity index (χ0v) is 12.1. The Kier molecular flexibility index (Phi) is 3.78. The first-order valence-electron chi connectivity index (χ1n) is 6.15. The molecule has 1 aromatic rings. The smallest absolute Gasteiger partial charge is 0.255 e. The number of carbonyl (C=O) groups is 1. The lowest BCUT2D eigenvalue weighted by atomic mass is 10.3. The number of hydrogen-bond acceptors (Lipinski definition) is 3. The number of anilines is 1. The van der Waals surface area contributed by atoms with E-state index in [1.807, 2.05) is 0 Å². The third-order valence-electron chi connectivity index (χ3n) is 2.72. The van der Waals surface area contributed by atoms with Gasteiger partial charge in [0.05, 0.1) is 4.90 Å². The summed E-state index contributed by atoms with van der Waals surface area (Å²) in [5, 5.41) is 0. The van der Waals surface area contributed by atoms with Crippen LogP contribution in [0.1, 0.15) is 13.8 Å². The van der Waals surface area contributed by atoms with E-state index in [0.717, 1.165) is 0 Å². The molecule has 106 valence electrons. The second-order valence-electron chi connectivity index (χ2n) is 4.77. The van der Waals surface area contributed by atoms with Crippen LogP contribution in [0.4, 0.5) is 5.69 Å². The maximum absolute atomic E-state index is 12.0. The highest BCUT2D eigenvalue weighted by Gasteiger charge is 2.21. The standard InChI is InChI=1S/C14H16N2O3S/c1-10(2)15-20(18,19)13-7-5-12(6-8-13)16-11(3)4-9-14(16)17/h4-10,15H,3H2,1-2H3. The predicted molar refractivity (Wildman–Crippen MR) is 77.7 cm³/mol. The zero-order valence-electron chi connectivity index (χ0n) is 11.3. The molecule has 6 heteroatoms. The molecule has 0 saturated heterocycles. The number of allylic oxidation sites excluding steroid dienone is 1. The minimum atomic E-state index is -3.52. The van der Waals surface area contributed by atoms with Gasteiger partial charge in [0.1, 0.15) is 0 Å². The second kappa shape index (κ2) is 5.22. The highest BCUT2D eigenvalue weighted by Crippen LogP contribution is 2.25. The Labute approximate surface area is 118 Å². The van der Waals surface area contributed by atoms with Crippen molar-refractivity contribution in [2.24, 2.45) is 0 Å². The fourth-order valence-electron chi connectivity index (χ4n) is 1.90. The Hall–Kier alpha value is -1.92. The molecule has 2 rings (SSSR count). The monoisotopic (exact) mass is 292 g/mol. The Morgan fingerprint density at radius 3 is 2.20 bits per heavy atom. The van der Waals surface area contributed by atoms with Crippen LogP contribution in [0.3, 0.4) is 0 Å². The molecule has 0 atom stereocenters. The molecular weight excluding hydrogens is 276 g/mol. The lowest BCUT2D eigenvalue weighted by Crippen LogP contribution is -2.30. The summed E-state index contributed by atoms with van der Waals surface area (Å²) < 4.78 is 26.5. The van der Waals surface area contributed by atoms with Crippen LogP contribution in [-0.2, 0) is 14.8 Å². The summed E-state index contributed by atoms with van der Waals surface area (Å²) in [5.74, 6) is -0.189. The average Bonchev–Trinajstić information content (AvgIpc) is 2.68. The number of hydrogen-bond donors (Lipinski definition) is 1. The van der Waals surface area contributed by atoms with Gasteiger partial charge in [-0.25, -0.2) is 13.1 Å². The molecule has 0 fully saturated rings. The van der Waals surface area contributed by atoms with Crippen LogP contribution in [0.5, 0.6) is 0 Å². The van der Waals surface area contributed by atoms with Crippen molar-refractivity contribution in [1.82, 2.24) is 4.72 Å².